The second-order valence-electron chi connectivity index (χ2n) is 10.0. The Morgan fingerprint density at radius 1 is 1.37 bits per heavy atom. The van der Waals surface area contributed by atoms with E-state index in [1.165, 1.54) is 11.1 Å². The smallest absolute Gasteiger partial charge is 0.321 e. The van der Waals surface area contributed by atoms with Gasteiger partial charge in [-0.25, -0.2) is 9.78 Å². The highest BCUT2D eigenvalue weighted by molar-refractivity contribution is 5.97. The molecule has 38 heavy (non-hydrogen) atoms. The first kappa shape index (κ1) is 28.8. The lowest BCUT2D eigenvalue weighted by molar-refractivity contribution is 0.0356. The van der Waals surface area contributed by atoms with E-state index in [4.69, 9.17) is 9.47 Å². The van der Waals surface area contributed by atoms with Crippen molar-refractivity contribution in [1.82, 2.24) is 14.8 Å². The standard InChI is InChI=1S/C28H36N4O6/c1-18-15-32(19(2)17-33)26(34)23-13-20(11-12-28(3,4)36)14-29-25(23)38-24(18)16-31(5)27(35)30-21-7-9-22(37-6)10-8-21/h7-10,13-14,18-19,24,33,36H,15-17H2,1-6H3,(H,30,35)/t18-,19+,24-/m0/s1. The van der Waals surface area contributed by atoms with Crippen molar-refractivity contribution >= 4 is 17.6 Å². The van der Waals surface area contributed by atoms with Crippen molar-refractivity contribution in [1.29, 1.82) is 0 Å². The summed E-state index contributed by atoms with van der Waals surface area (Å²) in [5.41, 5.74) is 0.0601. The summed E-state index contributed by atoms with van der Waals surface area (Å²) in [5, 5.41) is 22.6. The first-order valence-corrected chi connectivity index (χ1v) is 12.4. The van der Waals surface area contributed by atoms with Crippen LogP contribution >= 0.6 is 0 Å². The molecule has 0 fully saturated rings. The Bertz CT molecular complexity index is 1200. The minimum absolute atomic E-state index is 0.125. The molecule has 3 amide bonds. The van der Waals surface area contributed by atoms with Crippen molar-refractivity contribution in [3.8, 4) is 23.5 Å². The number of anilines is 1. The Morgan fingerprint density at radius 3 is 2.66 bits per heavy atom. The van der Waals surface area contributed by atoms with E-state index < -0.39 is 17.7 Å². The molecule has 10 heteroatoms. The number of nitrogens with one attached hydrogen (secondary N) is 1. The summed E-state index contributed by atoms with van der Waals surface area (Å²) in [6.07, 6.45) is 0.983. The molecule has 0 bridgehead atoms. The summed E-state index contributed by atoms with van der Waals surface area (Å²) in [5.74, 6) is 5.84. The third kappa shape index (κ3) is 7.37. The van der Waals surface area contributed by atoms with Gasteiger partial charge in [-0.3, -0.25) is 4.79 Å². The Kier molecular flexibility index (Phi) is 9.20. The van der Waals surface area contributed by atoms with Crippen LogP contribution in [0.1, 0.15) is 43.6 Å². The zero-order valence-corrected chi connectivity index (χ0v) is 22.7. The first-order valence-electron chi connectivity index (χ1n) is 12.4. The average molecular weight is 525 g/mol. The lowest BCUT2D eigenvalue weighted by atomic mass is 10.00. The molecule has 2 aromatic rings. The number of carbonyl (C=O) groups is 2. The van der Waals surface area contributed by atoms with Gasteiger partial charge in [-0.2, -0.15) is 0 Å². The monoisotopic (exact) mass is 524 g/mol. The topological polar surface area (TPSA) is 124 Å². The number of fused-ring (bicyclic) bond motifs is 1. The second-order valence-corrected chi connectivity index (χ2v) is 10.0. The quantitative estimate of drug-likeness (QED) is 0.496. The Labute approximate surface area is 223 Å². The summed E-state index contributed by atoms with van der Waals surface area (Å²) >= 11 is 0. The number of ether oxygens (including phenoxy) is 2. The predicted molar refractivity (Wildman–Crippen MR) is 143 cm³/mol. The van der Waals surface area contributed by atoms with Crippen molar-refractivity contribution in [2.45, 2.75) is 45.4 Å². The molecule has 3 atom stereocenters. The number of rotatable bonds is 6. The number of pyridine rings is 1. The van der Waals surface area contributed by atoms with Gasteiger partial charge in [-0.1, -0.05) is 18.8 Å². The van der Waals surface area contributed by atoms with Crippen LogP contribution in [0.3, 0.4) is 0 Å². The summed E-state index contributed by atoms with van der Waals surface area (Å²) < 4.78 is 11.4. The molecule has 0 saturated carbocycles. The van der Waals surface area contributed by atoms with Crippen molar-refractivity contribution in [3.63, 3.8) is 0 Å². The maximum Gasteiger partial charge on any atom is 0.321 e. The highest BCUT2D eigenvalue weighted by atomic mass is 16.5. The van der Waals surface area contributed by atoms with E-state index in [0.717, 1.165) is 0 Å². The van der Waals surface area contributed by atoms with Gasteiger partial charge in [0.1, 0.15) is 23.0 Å². The van der Waals surface area contributed by atoms with E-state index in [2.05, 4.69) is 22.1 Å². The molecule has 3 rings (SSSR count). The normalized spacial score (nSPS) is 18.1. The number of likely N-dealkylation sites (N-methyl/N-ethyl adjacent to an activating group) is 1. The van der Waals surface area contributed by atoms with E-state index in [1.54, 1.807) is 70.2 Å². The number of urea groups is 1. The lowest BCUT2D eigenvalue weighted by Gasteiger charge is -2.37. The number of hydrogen-bond donors (Lipinski definition) is 3. The van der Waals surface area contributed by atoms with Crippen LogP contribution in [0.25, 0.3) is 0 Å². The number of aliphatic hydroxyl groups is 2. The summed E-state index contributed by atoms with van der Waals surface area (Å²) in [7, 11) is 3.24. The SMILES string of the molecule is COc1ccc(NC(=O)N(C)C[C@@H]2Oc3ncc(C#CC(C)(C)O)cc3C(=O)N([C@H](C)CO)C[C@@H]2C)cc1. The van der Waals surface area contributed by atoms with Crippen LogP contribution in [-0.4, -0.2) is 88.5 Å². The van der Waals surface area contributed by atoms with Crippen LogP contribution in [0.15, 0.2) is 36.5 Å². The van der Waals surface area contributed by atoms with E-state index in [9.17, 15) is 19.8 Å². The average Bonchev–Trinajstić information content (AvgIpc) is 2.89. The van der Waals surface area contributed by atoms with Crippen LogP contribution in [0, 0.1) is 17.8 Å². The first-order chi connectivity index (χ1) is 17.9. The van der Waals surface area contributed by atoms with Crippen LogP contribution in [0.5, 0.6) is 11.6 Å². The minimum atomic E-state index is -1.21. The fourth-order valence-electron chi connectivity index (χ4n) is 3.86. The maximum atomic E-state index is 13.5. The molecule has 0 saturated heterocycles. The van der Waals surface area contributed by atoms with Gasteiger partial charge >= 0.3 is 6.03 Å². The van der Waals surface area contributed by atoms with Crippen molar-refractivity contribution < 1.29 is 29.3 Å². The van der Waals surface area contributed by atoms with E-state index in [0.29, 0.717) is 23.5 Å². The summed E-state index contributed by atoms with van der Waals surface area (Å²) in [6, 6.07) is 7.82. The van der Waals surface area contributed by atoms with E-state index in [1.807, 2.05) is 6.92 Å². The van der Waals surface area contributed by atoms with Gasteiger partial charge in [0.2, 0.25) is 5.88 Å². The number of amides is 3. The van der Waals surface area contributed by atoms with Crippen molar-refractivity contribution in [2.24, 2.45) is 5.92 Å². The molecule has 0 aliphatic carbocycles. The third-order valence-electron chi connectivity index (χ3n) is 6.18. The molecule has 2 heterocycles. The number of nitrogens with zero attached hydrogens (tertiary/aromatic N) is 3. The maximum absolute atomic E-state index is 13.5. The largest absolute Gasteiger partial charge is 0.497 e. The molecule has 1 aliphatic heterocycles. The highest BCUT2D eigenvalue weighted by Gasteiger charge is 2.34. The number of methoxy groups -OCH3 is 1. The molecule has 1 aliphatic rings. The molecular formula is C28H36N4O6. The lowest BCUT2D eigenvalue weighted by Crippen LogP contribution is -2.50. The zero-order valence-electron chi connectivity index (χ0n) is 22.7. The van der Waals surface area contributed by atoms with Crippen LogP contribution < -0.4 is 14.8 Å². The van der Waals surface area contributed by atoms with Gasteiger partial charge in [0, 0.05) is 37.0 Å². The van der Waals surface area contributed by atoms with Crippen molar-refractivity contribution in [3.05, 3.63) is 47.7 Å². The molecule has 10 nitrogen and oxygen atoms in total. The number of hydrogen-bond acceptors (Lipinski definition) is 7. The predicted octanol–water partition coefficient (Wildman–Crippen LogP) is 2.60. The number of benzene rings is 1. The van der Waals surface area contributed by atoms with Gasteiger partial charge in [-0.15, -0.1) is 0 Å². The molecule has 0 spiro atoms. The number of carbonyl (C=O) groups excluding carboxylic acids is 2. The molecule has 3 N–H and O–H groups in total. The van der Waals surface area contributed by atoms with Gasteiger partial charge in [-0.05, 0) is 51.1 Å². The van der Waals surface area contributed by atoms with Gasteiger partial charge in [0.15, 0.2) is 0 Å². The summed E-state index contributed by atoms with van der Waals surface area (Å²) in [4.78, 5) is 33.8. The fourth-order valence-corrected chi connectivity index (χ4v) is 3.86. The van der Waals surface area contributed by atoms with E-state index >= 15 is 0 Å². The molecule has 0 radical (unpaired) electrons. The fraction of sp³-hybridized carbons (Fsp3) is 0.464. The molecule has 1 aromatic heterocycles. The van der Waals surface area contributed by atoms with Crippen LogP contribution in [-0.2, 0) is 0 Å². The van der Waals surface area contributed by atoms with Gasteiger partial charge in [0.25, 0.3) is 5.91 Å². The van der Waals surface area contributed by atoms with Crippen LogP contribution in [0.4, 0.5) is 10.5 Å². The Balaban J connectivity index is 1.87. The van der Waals surface area contributed by atoms with Crippen LogP contribution in [0.2, 0.25) is 0 Å². The summed E-state index contributed by atoms with van der Waals surface area (Å²) in [6.45, 7) is 7.13. The van der Waals surface area contributed by atoms with Gasteiger partial charge in [0.05, 0.1) is 26.3 Å². The second kappa shape index (κ2) is 12.2. The van der Waals surface area contributed by atoms with Crippen molar-refractivity contribution in [2.75, 3.05) is 39.2 Å². The van der Waals surface area contributed by atoms with Gasteiger partial charge < -0.3 is 34.8 Å². The Morgan fingerprint density at radius 2 is 2.05 bits per heavy atom. The molecular weight excluding hydrogens is 488 g/mol. The number of aromatic nitrogens is 1. The molecule has 0 unspecified atom stereocenters. The molecule has 1 aromatic carbocycles. The zero-order chi connectivity index (χ0) is 28.0. The third-order valence-corrected chi connectivity index (χ3v) is 6.18. The number of aliphatic hydroxyl groups excluding tert-OH is 1. The minimum Gasteiger partial charge on any atom is -0.497 e. The molecule has 204 valence electrons. The Hall–Kier alpha value is -3.81. The highest BCUT2D eigenvalue weighted by Crippen LogP contribution is 2.27. The van der Waals surface area contributed by atoms with E-state index in [-0.39, 0.29) is 42.5 Å².